The van der Waals surface area contributed by atoms with Gasteiger partial charge >= 0.3 is 6.18 Å². The van der Waals surface area contributed by atoms with Crippen LogP contribution in [0.3, 0.4) is 0 Å². The Morgan fingerprint density at radius 2 is 1.78 bits per heavy atom. The molecule has 0 aliphatic heterocycles. The Labute approximate surface area is 105 Å². The number of aryl methyl sites for hydroxylation is 1. The molecule has 0 spiro atoms. The molecule has 0 aliphatic rings. The van der Waals surface area contributed by atoms with Crippen molar-refractivity contribution in [2.24, 2.45) is 0 Å². The summed E-state index contributed by atoms with van der Waals surface area (Å²) < 4.78 is 37.2. The second-order valence-electron chi connectivity index (χ2n) is 4.39. The van der Waals surface area contributed by atoms with Crippen LogP contribution >= 0.6 is 0 Å². The molecule has 0 fully saturated rings. The predicted molar refractivity (Wildman–Crippen MR) is 64.2 cm³/mol. The Hall–Kier alpha value is -1.07. The molecular weight excluding hydrogens is 243 g/mol. The highest BCUT2D eigenvalue weighted by Crippen LogP contribution is 2.18. The van der Waals surface area contributed by atoms with E-state index in [0.717, 1.165) is 11.1 Å². The maximum absolute atomic E-state index is 12.4. The van der Waals surface area contributed by atoms with E-state index in [-0.39, 0.29) is 19.7 Å². The van der Waals surface area contributed by atoms with Crippen LogP contribution in [0.25, 0.3) is 0 Å². The van der Waals surface area contributed by atoms with Gasteiger partial charge in [0, 0.05) is 19.7 Å². The molecule has 0 unspecified atom stereocenters. The molecule has 0 amide bonds. The molecule has 0 aliphatic carbocycles. The Balaban J connectivity index is 2.62. The van der Waals surface area contributed by atoms with E-state index < -0.39 is 12.7 Å². The average Bonchev–Trinajstić information content (AvgIpc) is 2.27. The van der Waals surface area contributed by atoms with Gasteiger partial charge in [0.05, 0.1) is 6.54 Å². The van der Waals surface area contributed by atoms with Crippen molar-refractivity contribution in [1.29, 1.82) is 0 Å². The fourth-order valence-corrected chi connectivity index (χ4v) is 1.71. The van der Waals surface area contributed by atoms with Crippen molar-refractivity contribution in [3.8, 4) is 0 Å². The molecular formula is C13H18F3NO. The highest BCUT2D eigenvalue weighted by atomic mass is 19.4. The second-order valence-corrected chi connectivity index (χ2v) is 4.39. The average molecular weight is 261 g/mol. The van der Waals surface area contributed by atoms with Gasteiger partial charge in [-0.15, -0.1) is 0 Å². The predicted octanol–water partition coefficient (Wildman–Crippen LogP) is 2.74. The van der Waals surface area contributed by atoms with Crippen molar-refractivity contribution >= 4 is 0 Å². The molecule has 0 aromatic heterocycles. The number of aliphatic hydroxyl groups is 1. The number of halogens is 3. The monoisotopic (exact) mass is 261 g/mol. The van der Waals surface area contributed by atoms with Crippen molar-refractivity contribution in [3.63, 3.8) is 0 Å². The molecule has 0 saturated carbocycles. The van der Waals surface area contributed by atoms with E-state index in [1.54, 1.807) is 0 Å². The lowest BCUT2D eigenvalue weighted by Crippen LogP contribution is -2.34. The molecule has 102 valence electrons. The smallest absolute Gasteiger partial charge is 0.396 e. The fourth-order valence-electron chi connectivity index (χ4n) is 1.71. The van der Waals surface area contributed by atoms with Crippen molar-refractivity contribution < 1.29 is 18.3 Å². The van der Waals surface area contributed by atoms with E-state index in [4.69, 9.17) is 5.11 Å². The summed E-state index contributed by atoms with van der Waals surface area (Å²) in [5.74, 6) is 0. The minimum atomic E-state index is -4.21. The zero-order valence-corrected chi connectivity index (χ0v) is 10.4. The number of alkyl halides is 3. The number of hydrogen-bond donors (Lipinski definition) is 1. The Morgan fingerprint density at radius 1 is 1.17 bits per heavy atom. The van der Waals surface area contributed by atoms with Crippen LogP contribution in [-0.4, -0.2) is 35.9 Å². The van der Waals surface area contributed by atoms with Gasteiger partial charge in [-0.25, -0.2) is 0 Å². The summed E-state index contributed by atoms with van der Waals surface area (Å²) in [4.78, 5) is 1.31. The maximum Gasteiger partial charge on any atom is 0.401 e. The van der Waals surface area contributed by atoms with E-state index in [1.807, 2.05) is 31.2 Å². The van der Waals surface area contributed by atoms with Crippen molar-refractivity contribution in [1.82, 2.24) is 4.90 Å². The van der Waals surface area contributed by atoms with Crippen molar-refractivity contribution in [2.75, 3.05) is 19.7 Å². The summed E-state index contributed by atoms with van der Waals surface area (Å²) in [5, 5.41) is 8.71. The molecule has 1 aromatic carbocycles. The second kappa shape index (κ2) is 6.75. The first kappa shape index (κ1) is 15.0. The molecule has 0 bridgehead atoms. The third kappa shape index (κ3) is 6.02. The SMILES string of the molecule is Cc1ccc(CN(CCCO)CC(F)(F)F)cc1. The molecule has 2 nitrogen and oxygen atoms in total. The van der Waals surface area contributed by atoms with Crippen LogP contribution < -0.4 is 0 Å². The first-order valence-electron chi connectivity index (χ1n) is 5.86. The summed E-state index contributed by atoms with van der Waals surface area (Å²) in [7, 11) is 0. The molecule has 1 N–H and O–H groups in total. The van der Waals surface area contributed by atoms with Gasteiger partial charge in [-0.3, -0.25) is 4.90 Å². The largest absolute Gasteiger partial charge is 0.401 e. The summed E-state index contributed by atoms with van der Waals surface area (Å²) in [5.41, 5.74) is 1.93. The van der Waals surface area contributed by atoms with E-state index >= 15 is 0 Å². The summed E-state index contributed by atoms with van der Waals surface area (Å²) >= 11 is 0. The Kier molecular flexibility index (Phi) is 5.62. The molecule has 5 heteroatoms. The normalized spacial score (nSPS) is 12.1. The Bertz CT molecular complexity index is 348. The first-order chi connectivity index (χ1) is 8.40. The molecule has 0 atom stereocenters. The van der Waals surface area contributed by atoms with Gasteiger partial charge in [-0.05, 0) is 18.9 Å². The van der Waals surface area contributed by atoms with Crippen LogP contribution in [0.15, 0.2) is 24.3 Å². The topological polar surface area (TPSA) is 23.5 Å². The minimum absolute atomic E-state index is 0.0950. The van der Waals surface area contributed by atoms with E-state index in [2.05, 4.69) is 0 Å². The van der Waals surface area contributed by atoms with Crippen LogP contribution in [0.5, 0.6) is 0 Å². The molecule has 0 radical (unpaired) electrons. The molecule has 1 rings (SSSR count). The number of benzene rings is 1. The van der Waals surface area contributed by atoms with Gasteiger partial charge in [-0.1, -0.05) is 29.8 Å². The maximum atomic E-state index is 12.4. The van der Waals surface area contributed by atoms with Gasteiger partial charge in [0.25, 0.3) is 0 Å². The van der Waals surface area contributed by atoms with E-state index in [0.29, 0.717) is 6.42 Å². The van der Waals surface area contributed by atoms with Crippen LogP contribution in [0.1, 0.15) is 17.5 Å². The van der Waals surface area contributed by atoms with Crippen molar-refractivity contribution in [2.45, 2.75) is 26.1 Å². The third-order valence-electron chi connectivity index (χ3n) is 2.56. The lowest BCUT2D eigenvalue weighted by Gasteiger charge is -2.23. The molecule has 0 saturated heterocycles. The lowest BCUT2D eigenvalue weighted by atomic mass is 10.1. The molecule has 1 aromatic rings. The zero-order chi connectivity index (χ0) is 13.6. The highest BCUT2D eigenvalue weighted by Gasteiger charge is 2.30. The van der Waals surface area contributed by atoms with Crippen LogP contribution in [0.2, 0.25) is 0 Å². The van der Waals surface area contributed by atoms with Crippen LogP contribution in [-0.2, 0) is 6.54 Å². The molecule has 18 heavy (non-hydrogen) atoms. The van der Waals surface area contributed by atoms with Gasteiger partial charge in [0.15, 0.2) is 0 Å². The summed E-state index contributed by atoms with van der Waals surface area (Å²) in [6.45, 7) is 1.38. The zero-order valence-electron chi connectivity index (χ0n) is 10.4. The Morgan fingerprint density at radius 3 is 2.28 bits per heavy atom. The number of rotatable bonds is 6. The number of aliphatic hydroxyl groups excluding tert-OH is 1. The third-order valence-corrected chi connectivity index (χ3v) is 2.56. The van der Waals surface area contributed by atoms with E-state index in [9.17, 15) is 13.2 Å². The fraction of sp³-hybridized carbons (Fsp3) is 0.538. The van der Waals surface area contributed by atoms with Crippen LogP contribution in [0.4, 0.5) is 13.2 Å². The minimum Gasteiger partial charge on any atom is -0.396 e. The van der Waals surface area contributed by atoms with Gasteiger partial charge in [-0.2, -0.15) is 13.2 Å². The summed E-state index contributed by atoms with van der Waals surface area (Å²) in [6, 6.07) is 7.43. The van der Waals surface area contributed by atoms with Gasteiger partial charge in [0.1, 0.15) is 0 Å². The standard InChI is InChI=1S/C13H18F3NO/c1-11-3-5-12(6-4-11)9-17(7-2-8-18)10-13(14,15)16/h3-6,18H,2,7-10H2,1H3. The number of nitrogens with zero attached hydrogens (tertiary/aromatic N) is 1. The van der Waals surface area contributed by atoms with Gasteiger partial charge in [0.2, 0.25) is 0 Å². The van der Waals surface area contributed by atoms with Crippen LogP contribution in [0, 0.1) is 6.92 Å². The first-order valence-corrected chi connectivity index (χ1v) is 5.86. The lowest BCUT2D eigenvalue weighted by molar-refractivity contribution is -0.147. The number of hydrogen-bond acceptors (Lipinski definition) is 2. The van der Waals surface area contributed by atoms with Crippen molar-refractivity contribution in [3.05, 3.63) is 35.4 Å². The van der Waals surface area contributed by atoms with E-state index in [1.165, 1.54) is 4.90 Å². The van der Waals surface area contributed by atoms with Gasteiger partial charge < -0.3 is 5.11 Å². The molecule has 0 heterocycles. The summed E-state index contributed by atoms with van der Waals surface area (Å²) in [6.07, 6.45) is -3.86. The quantitative estimate of drug-likeness (QED) is 0.851. The highest BCUT2D eigenvalue weighted by molar-refractivity contribution is 5.21.